The highest BCUT2D eigenvalue weighted by Gasteiger charge is 2.28. The Labute approximate surface area is 163 Å². The minimum absolute atomic E-state index is 0.344. The number of imidazole rings is 1. The summed E-state index contributed by atoms with van der Waals surface area (Å²) in [7, 11) is -3.45. The molecule has 0 amide bonds. The largest absolute Gasteiger partial charge is 0.327 e. The fourth-order valence-corrected chi connectivity index (χ4v) is 5.54. The molecule has 1 aromatic carbocycles. The molecule has 2 heterocycles. The number of sulfonamides is 1. The Balaban J connectivity index is 1.60. The highest BCUT2D eigenvalue weighted by molar-refractivity contribution is 9.10. The molecular weight excluding hydrogens is 414 g/mol. The Morgan fingerprint density at radius 1 is 1.31 bits per heavy atom. The number of fused-ring (bicyclic) bond motifs is 2. The summed E-state index contributed by atoms with van der Waals surface area (Å²) in [4.78, 5) is 4.70. The van der Waals surface area contributed by atoms with Crippen molar-refractivity contribution in [2.45, 2.75) is 57.2 Å². The fraction of sp³-hybridized carbons (Fsp3) is 0.526. The predicted molar refractivity (Wildman–Crippen MR) is 106 cm³/mol. The Morgan fingerprint density at radius 3 is 2.85 bits per heavy atom. The van der Waals surface area contributed by atoms with Crippen molar-refractivity contribution in [2.24, 2.45) is 11.1 Å². The van der Waals surface area contributed by atoms with Crippen LogP contribution >= 0.6 is 15.9 Å². The number of halogens is 1. The number of rotatable bonds is 4. The molecule has 2 N–H and O–H groups in total. The quantitative estimate of drug-likeness (QED) is 0.795. The lowest BCUT2D eigenvalue weighted by molar-refractivity contribution is 0.493. The summed E-state index contributed by atoms with van der Waals surface area (Å²) in [6.45, 7) is 2.73. The van der Waals surface area contributed by atoms with E-state index in [4.69, 9.17) is 10.1 Å². The Bertz CT molecular complexity index is 952. The second-order valence-electron chi connectivity index (χ2n) is 7.67. The van der Waals surface area contributed by atoms with Crippen LogP contribution in [0.3, 0.4) is 0 Å². The van der Waals surface area contributed by atoms with E-state index >= 15 is 0 Å². The number of nitrogens with zero attached hydrogens (tertiary/aromatic N) is 2. The first kappa shape index (κ1) is 18.2. The minimum atomic E-state index is -3.45. The van der Waals surface area contributed by atoms with E-state index in [-0.39, 0.29) is 0 Å². The van der Waals surface area contributed by atoms with E-state index in [0.29, 0.717) is 12.3 Å². The molecule has 1 aromatic heterocycles. The molecule has 1 unspecified atom stereocenters. The summed E-state index contributed by atoms with van der Waals surface area (Å²) in [5.74, 6) is 1.51. The summed E-state index contributed by atoms with van der Waals surface area (Å²) in [6, 6.07) is 6.63. The predicted octanol–water partition coefficient (Wildman–Crippen LogP) is 3.43. The van der Waals surface area contributed by atoms with Gasteiger partial charge in [-0.05, 0) is 78.1 Å². The normalized spacial score (nSPS) is 20.7. The van der Waals surface area contributed by atoms with Gasteiger partial charge in [-0.3, -0.25) is 0 Å². The zero-order chi connectivity index (χ0) is 18.5. The van der Waals surface area contributed by atoms with Gasteiger partial charge >= 0.3 is 0 Å². The molecular formula is C19H24BrN3O2S. The van der Waals surface area contributed by atoms with Crippen LogP contribution in [0.5, 0.6) is 0 Å². The molecule has 26 heavy (non-hydrogen) atoms. The highest BCUT2D eigenvalue weighted by Crippen LogP contribution is 2.37. The van der Waals surface area contributed by atoms with Crippen LogP contribution in [0.15, 0.2) is 22.8 Å². The van der Waals surface area contributed by atoms with E-state index in [2.05, 4.69) is 38.7 Å². The van der Waals surface area contributed by atoms with Crippen LogP contribution in [0.4, 0.5) is 0 Å². The van der Waals surface area contributed by atoms with Crippen LogP contribution in [0.25, 0.3) is 11.3 Å². The summed E-state index contributed by atoms with van der Waals surface area (Å²) in [5, 5.41) is 4.80. The van der Waals surface area contributed by atoms with Crippen molar-refractivity contribution in [3.8, 4) is 11.3 Å². The average Bonchev–Trinajstić information content (AvgIpc) is 3.12. The zero-order valence-corrected chi connectivity index (χ0v) is 17.3. The molecule has 0 bridgehead atoms. The van der Waals surface area contributed by atoms with Gasteiger partial charge < -0.3 is 4.57 Å². The third-order valence-electron chi connectivity index (χ3n) is 5.76. The smallest absolute Gasteiger partial charge is 0.211 e. The monoisotopic (exact) mass is 437 g/mol. The van der Waals surface area contributed by atoms with Crippen molar-refractivity contribution < 1.29 is 8.42 Å². The lowest BCUT2D eigenvalue weighted by Crippen LogP contribution is -2.28. The van der Waals surface area contributed by atoms with E-state index in [0.717, 1.165) is 30.4 Å². The summed E-state index contributed by atoms with van der Waals surface area (Å²) in [6.07, 6.45) is 5.91. The lowest BCUT2D eigenvalue weighted by Gasteiger charge is -2.17. The van der Waals surface area contributed by atoms with Gasteiger partial charge in [-0.25, -0.2) is 18.5 Å². The maximum absolute atomic E-state index is 11.5. The molecule has 0 radical (unpaired) electrons. The fourth-order valence-electron chi connectivity index (χ4n) is 4.35. The molecule has 0 spiro atoms. The minimum Gasteiger partial charge on any atom is -0.327 e. The van der Waals surface area contributed by atoms with Gasteiger partial charge in [0, 0.05) is 18.5 Å². The van der Waals surface area contributed by atoms with Crippen molar-refractivity contribution in [1.29, 1.82) is 0 Å². The molecule has 140 valence electrons. The first-order valence-electron chi connectivity index (χ1n) is 9.21. The molecule has 1 aliphatic carbocycles. The number of hydrogen-bond acceptors (Lipinski definition) is 3. The molecule has 2 aliphatic rings. The SMILES string of the molecule is CC(C[C@H]1Cc2ccc(-c3c(Br)nc4n3CCCC4)cc2C1)S(N)(=O)=O. The second kappa shape index (κ2) is 6.77. The third kappa shape index (κ3) is 3.37. The molecule has 1 aliphatic heterocycles. The van der Waals surface area contributed by atoms with Crippen molar-refractivity contribution in [1.82, 2.24) is 9.55 Å². The van der Waals surface area contributed by atoms with Crippen molar-refractivity contribution in [2.75, 3.05) is 0 Å². The van der Waals surface area contributed by atoms with E-state index in [1.807, 2.05) is 0 Å². The van der Waals surface area contributed by atoms with Crippen LogP contribution in [0, 0.1) is 5.92 Å². The van der Waals surface area contributed by atoms with Crippen LogP contribution in [-0.2, 0) is 35.8 Å². The molecule has 0 fully saturated rings. The Hall–Kier alpha value is -1.18. The maximum Gasteiger partial charge on any atom is 0.211 e. The third-order valence-corrected chi connectivity index (χ3v) is 7.63. The molecule has 7 heteroatoms. The van der Waals surface area contributed by atoms with Gasteiger partial charge in [0.05, 0.1) is 10.9 Å². The van der Waals surface area contributed by atoms with Crippen LogP contribution < -0.4 is 5.14 Å². The van der Waals surface area contributed by atoms with Gasteiger partial charge in [-0.1, -0.05) is 12.1 Å². The lowest BCUT2D eigenvalue weighted by atomic mass is 10.0. The first-order chi connectivity index (χ1) is 12.3. The summed E-state index contributed by atoms with van der Waals surface area (Å²) < 4.78 is 26.3. The second-order valence-corrected chi connectivity index (χ2v) is 10.4. The van der Waals surface area contributed by atoms with Gasteiger partial charge in [-0.15, -0.1) is 0 Å². The summed E-state index contributed by atoms with van der Waals surface area (Å²) >= 11 is 3.65. The molecule has 0 saturated carbocycles. The average molecular weight is 438 g/mol. The Kier molecular flexibility index (Phi) is 4.73. The van der Waals surface area contributed by atoms with Gasteiger partial charge in [0.2, 0.25) is 10.0 Å². The van der Waals surface area contributed by atoms with Crippen LogP contribution in [-0.4, -0.2) is 23.2 Å². The number of benzene rings is 1. The van der Waals surface area contributed by atoms with Gasteiger partial charge in [0.25, 0.3) is 0 Å². The standard InChI is InChI=1S/C19H24BrN3O2S/c1-12(26(21,24)25)8-13-9-14-5-6-15(11-16(14)10-13)18-19(20)22-17-4-2-3-7-23(17)18/h5-6,11-13H,2-4,7-10H2,1H3,(H2,21,24,25)/t12?,13-/m0/s1. The van der Waals surface area contributed by atoms with E-state index < -0.39 is 15.3 Å². The van der Waals surface area contributed by atoms with Crippen LogP contribution in [0.1, 0.15) is 43.1 Å². The van der Waals surface area contributed by atoms with Crippen molar-refractivity contribution in [3.63, 3.8) is 0 Å². The van der Waals surface area contributed by atoms with Crippen LogP contribution in [0.2, 0.25) is 0 Å². The topological polar surface area (TPSA) is 78.0 Å². The molecule has 2 atom stereocenters. The first-order valence-corrected chi connectivity index (χ1v) is 11.6. The molecule has 2 aromatic rings. The van der Waals surface area contributed by atoms with Crippen molar-refractivity contribution in [3.05, 3.63) is 39.8 Å². The van der Waals surface area contributed by atoms with E-state index in [1.165, 1.54) is 41.1 Å². The van der Waals surface area contributed by atoms with E-state index in [9.17, 15) is 8.42 Å². The highest BCUT2D eigenvalue weighted by atomic mass is 79.9. The number of aromatic nitrogens is 2. The summed E-state index contributed by atoms with van der Waals surface area (Å²) in [5.41, 5.74) is 5.02. The molecule has 5 nitrogen and oxygen atoms in total. The van der Waals surface area contributed by atoms with Crippen molar-refractivity contribution >= 4 is 26.0 Å². The van der Waals surface area contributed by atoms with E-state index in [1.54, 1.807) is 6.92 Å². The van der Waals surface area contributed by atoms with Gasteiger partial charge in [0.15, 0.2) is 0 Å². The molecule has 4 rings (SSSR count). The number of aryl methyl sites for hydroxylation is 1. The number of primary sulfonamides is 1. The Morgan fingerprint density at radius 2 is 2.08 bits per heavy atom. The maximum atomic E-state index is 11.5. The number of hydrogen-bond donors (Lipinski definition) is 1. The zero-order valence-electron chi connectivity index (χ0n) is 14.9. The van der Waals surface area contributed by atoms with Gasteiger partial charge in [-0.2, -0.15) is 0 Å². The van der Waals surface area contributed by atoms with Gasteiger partial charge in [0.1, 0.15) is 10.4 Å². The number of nitrogens with two attached hydrogens (primary N) is 1. The molecule has 0 saturated heterocycles.